The number of phenolic OH excluding ortho intramolecular Hbond substituents is 1. The van der Waals surface area contributed by atoms with Gasteiger partial charge < -0.3 is 79.6 Å². The summed E-state index contributed by atoms with van der Waals surface area (Å²) in [5.74, 6) is -8.05. The lowest BCUT2D eigenvalue weighted by molar-refractivity contribution is -0.145. The van der Waals surface area contributed by atoms with Crippen LogP contribution in [0.4, 0.5) is 0 Å². The maximum atomic E-state index is 14.8. The Morgan fingerprint density at radius 1 is 0.722 bits per heavy atom. The van der Waals surface area contributed by atoms with Crippen LogP contribution in [-0.2, 0) is 67.2 Å². The summed E-state index contributed by atoms with van der Waals surface area (Å²) in [4.78, 5) is 143. The number of carbonyl (C=O) groups is 10. The zero-order valence-electron chi connectivity index (χ0n) is 44.5. The first-order chi connectivity index (χ1) is 37.6. The minimum absolute atomic E-state index is 0.0505. The van der Waals surface area contributed by atoms with Crippen LogP contribution in [0.2, 0.25) is 0 Å². The number of aliphatic hydroxyl groups is 1. The highest BCUT2D eigenvalue weighted by Gasteiger charge is 2.40. The summed E-state index contributed by atoms with van der Waals surface area (Å²) in [5.41, 5.74) is 18.7. The number of aliphatic hydroxyl groups excluding tert-OH is 1. The number of hydrogen-bond donors (Lipinski definition) is 14. The molecule has 17 N–H and O–H groups in total. The van der Waals surface area contributed by atoms with E-state index in [0.29, 0.717) is 41.8 Å². The number of aliphatic carboxylic acids is 1. The molecule has 0 saturated carbocycles. The number of imidazole rings is 1. The Balaban J connectivity index is 1.59. The monoisotopic (exact) mass is 1120 g/mol. The van der Waals surface area contributed by atoms with E-state index in [0.717, 1.165) is 0 Å². The van der Waals surface area contributed by atoms with Crippen molar-refractivity contribution < 1.29 is 63.3 Å². The summed E-state index contributed by atoms with van der Waals surface area (Å²) < 4.78 is 0. The minimum atomic E-state index is -1.65. The Morgan fingerprint density at radius 3 is 1.89 bits per heavy atom. The van der Waals surface area contributed by atoms with E-state index in [-0.39, 0.29) is 70.2 Å². The summed E-state index contributed by atoms with van der Waals surface area (Å²) in [6.45, 7) is 2.83. The molecule has 9 amide bonds. The van der Waals surface area contributed by atoms with Gasteiger partial charge in [-0.15, -0.1) is 0 Å². The van der Waals surface area contributed by atoms with Crippen LogP contribution >= 0.6 is 11.8 Å². The highest BCUT2D eigenvalue weighted by molar-refractivity contribution is 7.98. The van der Waals surface area contributed by atoms with Gasteiger partial charge in [0, 0.05) is 44.1 Å². The SMILES string of the molecule is CSCC[C@H](NC(=O)[C@H](Cc1ccccc1)NC(=O)[C@@H]1CCCN1C(=O)[C@H](CCCCN)NC(=O)[C@H](Cc1ccc(O)cc1)NC(=O)[C@H](Cc1cnc[nH]1)NC(=O)[C@@H](N)CCC(N)=O)C(=O)N[C@@H](C)C(=O)N[C@H](C(=O)O)[C@@H](C)O. The van der Waals surface area contributed by atoms with Crippen molar-refractivity contribution in [3.05, 3.63) is 83.9 Å². The maximum absolute atomic E-state index is 14.8. The molecule has 2 heterocycles. The number of amides is 9. The molecular weight excluding hydrogens is 1050 g/mol. The Kier molecular flexibility index (Phi) is 26.1. The Labute approximate surface area is 461 Å². The van der Waals surface area contributed by atoms with Gasteiger partial charge in [-0.2, -0.15) is 11.8 Å². The lowest BCUT2D eigenvalue weighted by atomic mass is 10.0. The van der Waals surface area contributed by atoms with Crippen LogP contribution in [-0.4, -0.2) is 175 Å². The average molecular weight is 1120 g/mol. The van der Waals surface area contributed by atoms with Gasteiger partial charge >= 0.3 is 5.97 Å². The van der Waals surface area contributed by atoms with Crippen LogP contribution in [0, 0.1) is 0 Å². The Bertz CT molecular complexity index is 2520. The largest absolute Gasteiger partial charge is 0.508 e. The normalized spacial score (nSPS) is 16.5. The standard InChI is InChI=1S/C52H75N13O13S/c1-29(44(69)64-43(30(2)66)52(77)78)58-46(71)36(20-23-79-3)59-47(72)39(24-31-10-5-4-6-11-31)63-50(75)41-13-9-22-65(41)51(76)37(12-7-8-21-53)60-48(73)38(25-32-14-16-34(67)17-15-32)62-49(74)40(26-33-27-56-28-57-33)61-45(70)35(54)18-19-42(55)68/h4-6,10-11,14-17,27-30,35-41,43,66-67H,7-9,12-13,18-26,53-54H2,1-3H3,(H2,55,68)(H,56,57)(H,58,71)(H,59,72)(H,60,73)(H,61,70)(H,62,74)(H,63,75)(H,64,69)(H,77,78)/t29-,30+,35-,36-,37-,38-,39-,40-,41-,43-/m0/s1. The second kappa shape index (κ2) is 32.3. The highest BCUT2D eigenvalue weighted by atomic mass is 32.2. The number of likely N-dealkylation sites (tertiary alicyclic amines) is 1. The third kappa shape index (κ3) is 20.9. The minimum Gasteiger partial charge on any atom is -0.508 e. The molecule has 1 aliphatic rings. The Hall–Kier alpha value is -7.62. The third-order valence-corrected chi connectivity index (χ3v) is 13.7. The van der Waals surface area contributed by atoms with Crippen LogP contribution in [0.5, 0.6) is 5.75 Å². The van der Waals surface area contributed by atoms with E-state index < -0.39 is 120 Å². The van der Waals surface area contributed by atoms with E-state index in [1.54, 1.807) is 36.6 Å². The molecule has 1 aliphatic heterocycles. The van der Waals surface area contributed by atoms with E-state index in [1.807, 2.05) is 0 Å². The number of H-pyrrole nitrogens is 1. The molecule has 1 fully saturated rings. The molecule has 0 unspecified atom stereocenters. The number of carboxylic acid groups (broad SMARTS) is 1. The molecular formula is C52H75N13O13S. The number of aromatic nitrogens is 2. The van der Waals surface area contributed by atoms with Gasteiger partial charge in [0.05, 0.1) is 18.5 Å². The van der Waals surface area contributed by atoms with Crippen molar-refractivity contribution in [2.24, 2.45) is 17.2 Å². The van der Waals surface area contributed by atoms with Gasteiger partial charge in [-0.25, -0.2) is 9.78 Å². The summed E-state index contributed by atoms with van der Waals surface area (Å²) in [5, 5.41) is 47.6. The molecule has 26 nitrogen and oxygen atoms in total. The molecule has 0 aliphatic carbocycles. The summed E-state index contributed by atoms with van der Waals surface area (Å²) in [6, 6.07) is 2.72. The van der Waals surface area contributed by atoms with Gasteiger partial charge in [0.2, 0.25) is 53.2 Å². The molecule has 1 saturated heterocycles. The van der Waals surface area contributed by atoms with E-state index in [2.05, 4.69) is 47.2 Å². The van der Waals surface area contributed by atoms with Crippen molar-refractivity contribution in [3.63, 3.8) is 0 Å². The van der Waals surface area contributed by atoms with Crippen molar-refractivity contribution in [2.45, 2.75) is 145 Å². The first kappa shape index (κ1) is 63.9. The third-order valence-electron chi connectivity index (χ3n) is 13.0. The predicted octanol–water partition coefficient (Wildman–Crippen LogP) is -2.51. The number of primary amides is 1. The van der Waals surface area contributed by atoms with E-state index in [1.165, 1.54) is 67.3 Å². The topological polar surface area (TPSA) is 426 Å². The van der Waals surface area contributed by atoms with E-state index >= 15 is 0 Å². The maximum Gasteiger partial charge on any atom is 0.328 e. The highest BCUT2D eigenvalue weighted by Crippen LogP contribution is 2.22. The van der Waals surface area contributed by atoms with Crippen LogP contribution in [0.25, 0.3) is 0 Å². The second-order valence-corrected chi connectivity index (χ2v) is 20.3. The number of thioether (sulfide) groups is 1. The number of aromatic amines is 1. The number of phenols is 1. The molecule has 10 atom stereocenters. The number of nitrogens with one attached hydrogen (secondary N) is 8. The van der Waals surface area contributed by atoms with Crippen LogP contribution < -0.4 is 54.4 Å². The van der Waals surface area contributed by atoms with Crippen molar-refractivity contribution in [1.29, 1.82) is 0 Å². The molecule has 432 valence electrons. The fourth-order valence-corrected chi connectivity index (χ4v) is 9.03. The zero-order valence-corrected chi connectivity index (χ0v) is 45.3. The smallest absolute Gasteiger partial charge is 0.328 e. The summed E-state index contributed by atoms with van der Waals surface area (Å²) >= 11 is 1.38. The first-order valence-corrected chi connectivity index (χ1v) is 27.4. The van der Waals surface area contributed by atoms with Crippen molar-refractivity contribution in [2.75, 3.05) is 25.1 Å². The number of carboxylic acids is 1. The number of hydrogen-bond acceptors (Lipinski definition) is 16. The van der Waals surface area contributed by atoms with E-state index in [4.69, 9.17) is 17.2 Å². The molecule has 27 heteroatoms. The number of aromatic hydroxyl groups is 1. The molecule has 1 aromatic heterocycles. The fraction of sp³-hybridized carbons (Fsp3) is 0.519. The van der Waals surface area contributed by atoms with Crippen molar-refractivity contribution >= 4 is 70.9 Å². The quantitative estimate of drug-likeness (QED) is 0.0280. The number of benzene rings is 2. The molecule has 79 heavy (non-hydrogen) atoms. The Morgan fingerprint density at radius 2 is 1.30 bits per heavy atom. The number of unbranched alkanes of at least 4 members (excludes halogenated alkanes) is 1. The molecule has 0 spiro atoms. The van der Waals surface area contributed by atoms with Gasteiger partial charge in [0.15, 0.2) is 6.04 Å². The van der Waals surface area contributed by atoms with Crippen LogP contribution in [0.15, 0.2) is 67.1 Å². The molecule has 4 rings (SSSR count). The number of rotatable bonds is 33. The van der Waals surface area contributed by atoms with Gasteiger partial charge in [-0.05, 0) is 101 Å². The van der Waals surface area contributed by atoms with Gasteiger partial charge in [-0.3, -0.25) is 43.2 Å². The number of nitrogens with two attached hydrogens (primary N) is 3. The first-order valence-electron chi connectivity index (χ1n) is 26.0. The van der Waals surface area contributed by atoms with Gasteiger partial charge in [0.25, 0.3) is 0 Å². The molecule has 0 bridgehead atoms. The zero-order chi connectivity index (χ0) is 58.2. The number of carbonyl (C=O) groups excluding carboxylic acids is 9. The van der Waals surface area contributed by atoms with Crippen LogP contribution in [0.1, 0.15) is 82.0 Å². The second-order valence-electron chi connectivity index (χ2n) is 19.3. The average Bonchev–Trinajstić information content (AvgIpc) is 4.16. The number of nitrogens with zero attached hydrogens (tertiary/aromatic N) is 2. The molecule has 0 radical (unpaired) electrons. The fourth-order valence-electron chi connectivity index (χ4n) is 8.56. The molecule has 2 aromatic carbocycles. The molecule has 3 aromatic rings. The summed E-state index contributed by atoms with van der Waals surface area (Å²) in [7, 11) is 0. The lowest BCUT2D eigenvalue weighted by Gasteiger charge is -2.31. The predicted molar refractivity (Wildman–Crippen MR) is 290 cm³/mol. The lowest BCUT2D eigenvalue weighted by Crippen LogP contribution is -2.60. The van der Waals surface area contributed by atoms with Gasteiger partial charge in [0.1, 0.15) is 48.0 Å². The van der Waals surface area contributed by atoms with Crippen molar-refractivity contribution in [1.82, 2.24) is 52.1 Å². The van der Waals surface area contributed by atoms with Crippen LogP contribution in [0.3, 0.4) is 0 Å². The van der Waals surface area contributed by atoms with Crippen molar-refractivity contribution in [3.8, 4) is 5.75 Å². The van der Waals surface area contributed by atoms with E-state index in [9.17, 15) is 63.3 Å². The van der Waals surface area contributed by atoms with Gasteiger partial charge in [-0.1, -0.05) is 42.5 Å². The summed E-state index contributed by atoms with van der Waals surface area (Å²) in [6.07, 6.45) is 4.01.